The fraction of sp³-hybridized carbons (Fsp3) is 0.556. The largest absolute Gasteiger partial charge is 0.480 e. The zero-order valence-corrected chi connectivity index (χ0v) is 15.5. The Morgan fingerprint density at radius 3 is 2.21 bits per heavy atom. The van der Waals surface area contributed by atoms with Crippen LogP contribution in [0.3, 0.4) is 0 Å². The van der Waals surface area contributed by atoms with Crippen LogP contribution in [0.5, 0.6) is 0 Å². The van der Waals surface area contributed by atoms with Gasteiger partial charge < -0.3 is 10.0 Å². The van der Waals surface area contributed by atoms with Gasteiger partial charge in [0.15, 0.2) is 0 Å². The van der Waals surface area contributed by atoms with E-state index in [9.17, 15) is 14.7 Å². The van der Waals surface area contributed by atoms with E-state index < -0.39 is 11.4 Å². The Kier molecular flexibility index (Phi) is 4.97. The number of nitrogens with zero attached hydrogens (tertiary/aromatic N) is 2. The standard InChI is InChI=1S/C18H23BrN2O3/c1-2-15(13-3-5-14(19)6-4-13)20-9-11-21(12-10-20)16(22)18(7-8-18)17(23)24/h3-6,15H,2,7-12H2,1H3,(H,23,24). The molecule has 1 unspecified atom stereocenters. The van der Waals surface area contributed by atoms with E-state index in [0.29, 0.717) is 32.0 Å². The molecule has 6 heteroatoms. The fourth-order valence-electron chi connectivity index (χ4n) is 3.57. The van der Waals surface area contributed by atoms with Gasteiger partial charge in [-0.1, -0.05) is 35.0 Å². The van der Waals surface area contributed by atoms with Gasteiger partial charge in [-0.25, -0.2) is 0 Å². The molecule has 1 aliphatic carbocycles. The molecular formula is C18H23BrN2O3. The Morgan fingerprint density at radius 1 is 1.17 bits per heavy atom. The zero-order valence-electron chi connectivity index (χ0n) is 13.9. The SMILES string of the molecule is CCC(c1ccc(Br)cc1)N1CCN(C(=O)C2(C(=O)O)CC2)CC1. The molecule has 24 heavy (non-hydrogen) atoms. The number of hydrogen-bond donors (Lipinski definition) is 1. The van der Waals surface area contributed by atoms with E-state index >= 15 is 0 Å². The summed E-state index contributed by atoms with van der Waals surface area (Å²) < 4.78 is 1.07. The maximum atomic E-state index is 12.5. The van der Waals surface area contributed by atoms with E-state index in [1.165, 1.54) is 5.56 Å². The summed E-state index contributed by atoms with van der Waals surface area (Å²) in [6.07, 6.45) is 1.98. The number of carboxylic acid groups (broad SMARTS) is 1. The minimum atomic E-state index is -1.11. The van der Waals surface area contributed by atoms with Crippen molar-refractivity contribution in [2.24, 2.45) is 5.41 Å². The van der Waals surface area contributed by atoms with Gasteiger partial charge in [0.25, 0.3) is 0 Å². The summed E-state index contributed by atoms with van der Waals surface area (Å²) >= 11 is 3.47. The lowest BCUT2D eigenvalue weighted by molar-refractivity contribution is -0.154. The van der Waals surface area contributed by atoms with E-state index in [0.717, 1.165) is 24.0 Å². The van der Waals surface area contributed by atoms with Gasteiger partial charge in [0.1, 0.15) is 5.41 Å². The predicted octanol–water partition coefficient (Wildman–Crippen LogP) is 2.91. The van der Waals surface area contributed by atoms with E-state index in [1.807, 2.05) is 0 Å². The predicted molar refractivity (Wildman–Crippen MR) is 94.6 cm³/mol. The number of hydrogen-bond acceptors (Lipinski definition) is 3. The summed E-state index contributed by atoms with van der Waals surface area (Å²) in [7, 11) is 0. The van der Waals surface area contributed by atoms with E-state index in [1.54, 1.807) is 4.90 Å². The zero-order chi connectivity index (χ0) is 17.3. The van der Waals surface area contributed by atoms with E-state index in [-0.39, 0.29) is 5.91 Å². The van der Waals surface area contributed by atoms with Crippen LogP contribution in [0.1, 0.15) is 37.8 Å². The number of benzene rings is 1. The molecule has 1 saturated carbocycles. The first-order chi connectivity index (χ1) is 11.5. The van der Waals surface area contributed by atoms with Gasteiger partial charge in [0.05, 0.1) is 0 Å². The molecule has 1 saturated heterocycles. The van der Waals surface area contributed by atoms with Gasteiger partial charge in [0.2, 0.25) is 5.91 Å². The molecule has 0 aromatic heterocycles. The normalized spacial score (nSPS) is 21.3. The summed E-state index contributed by atoms with van der Waals surface area (Å²) in [6.45, 7) is 4.97. The molecule has 0 spiro atoms. The Hall–Kier alpha value is -1.40. The van der Waals surface area contributed by atoms with Crippen molar-refractivity contribution >= 4 is 27.8 Å². The third-order valence-corrected chi connectivity index (χ3v) is 5.78. The Morgan fingerprint density at radius 2 is 1.75 bits per heavy atom. The fourth-order valence-corrected chi connectivity index (χ4v) is 3.84. The molecule has 1 aliphatic heterocycles. The molecule has 3 rings (SSSR count). The van der Waals surface area contributed by atoms with Gasteiger partial charge in [-0.15, -0.1) is 0 Å². The molecule has 0 radical (unpaired) electrons. The van der Waals surface area contributed by atoms with Crippen LogP contribution in [0.15, 0.2) is 28.7 Å². The van der Waals surface area contributed by atoms with Crippen LogP contribution in [-0.2, 0) is 9.59 Å². The number of carbonyl (C=O) groups excluding carboxylic acids is 1. The monoisotopic (exact) mass is 394 g/mol. The van der Waals surface area contributed by atoms with Crippen LogP contribution < -0.4 is 0 Å². The molecule has 5 nitrogen and oxygen atoms in total. The van der Waals surface area contributed by atoms with Gasteiger partial charge in [0, 0.05) is 36.7 Å². The highest BCUT2D eigenvalue weighted by Gasteiger charge is 2.58. The number of carboxylic acids is 1. The topological polar surface area (TPSA) is 60.9 Å². The quantitative estimate of drug-likeness (QED) is 0.779. The summed E-state index contributed by atoms with van der Waals surface area (Å²) in [4.78, 5) is 28.0. The average molecular weight is 395 g/mol. The number of halogens is 1. The lowest BCUT2D eigenvalue weighted by atomic mass is 10.0. The van der Waals surface area contributed by atoms with Crippen LogP contribution in [0, 0.1) is 5.41 Å². The molecule has 2 aliphatic rings. The van der Waals surface area contributed by atoms with Crippen molar-refractivity contribution in [1.29, 1.82) is 0 Å². The van der Waals surface area contributed by atoms with E-state index in [4.69, 9.17) is 0 Å². The van der Waals surface area contributed by atoms with Crippen LogP contribution in [0.25, 0.3) is 0 Å². The third-order valence-electron chi connectivity index (χ3n) is 5.25. The molecule has 1 aromatic carbocycles. The number of carbonyl (C=O) groups is 2. The van der Waals surface area contributed by atoms with Gasteiger partial charge >= 0.3 is 5.97 Å². The molecule has 130 valence electrons. The smallest absolute Gasteiger partial charge is 0.319 e. The van der Waals surface area contributed by atoms with Crippen molar-refractivity contribution in [2.45, 2.75) is 32.2 Å². The second kappa shape index (κ2) is 6.84. The maximum Gasteiger partial charge on any atom is 0.319 e. The highest BCUT2D eigenvalue weighted by molar-refractivity contribution is 9.10. The lowest BCUT2D eigenvalue weighted by Gasteiger charge is -2.40. The van der Waals surface area contributed by atoms with Crippen LogP contribution in [0.4, 0.5) is 0 Å². The molecule has 1 atom stereocenters. The first kappa shape index (κ1) is 17.4. The lowest BCUT2D eigenvalue weighted by Crippen LogP contribution is -2.52. The maximum absolute atomic E-state index is 12.5. The van der Waals surface area contributed by atoms with Crippen molar-refractivity contribution in [2.75, 3.05) is 26.2 Å². The molecule has 1 heterocycles. The van der Waals surface area contributed by atoms with Crippen molar-refractivity contribution in [3.63, 3.8) is 0 Å². The van der Waals surface area contributed by atoms with Gasteiger partial charge in [-0.2, -0.15) is 0 Å². The summed E-state index contributed by atoms with van der Waals surface area (Å²) in [5.74, 6) is -1.15. The molecule has 0 bridgehead atoms. The number of piperazine rings is 1. The van der Waals surface area contributed by atoms with E-state index in [2.05, 4.69) is 52.0 Å². The van der Waals surface area contributed by atoms with Gasteiger partial charge in [-0.05, 0) is 37.0 Å². The second-order valence-electron chi connectivity index (χ2n) is 6.69. The van der Waals surface area contributed by atoms with Crippen LogP contribution in [0.2, 0.25) is 0 Å². The number of rotatable bonds is 5. The molecular weight excluding hydrogens is 372 g/mol. The Balaban J connectivity index is 1.63. The number of aliphatic carboxylic acids is 1. The Labute approximate surface area is 150 Å². The van der Waals surface area contributed by atoms with Crippen LogP contribution in [-0.4, -0.2) is 53.0 Å². The van der Waals surface area contributed by atoms with Gasteiger partial charge in [-0.3, -0.25) is 14.5 Å². The molecule has 2 fully saturated rings. The molecule has 1 amide bonds. The summed E-state index contributed by atoms with van der Waals surface area (Å²) in [6, 6.07) is 8.73. The molecule has 1 N–H and O–H groups in total. The van der Waals surface area contributed by atoms with Crippen molar-refractivity contribution in [3.05, 3.63) is 34.3 Å². The minimum Gasteiger partial charge on any atom is -0.480 e. The second-order valence-corrected chi connectivity index (χ2v) is 7.61. The first-order valence-corrected chi connectivity index (χ1v) is 9.29. The average Bonchev–Trinajstić information content (AvgIpc) is 3.39. The van der Waals surface area contributed by atoms with Crippen molar-refractivity contribution in [3.8, 4) is 0 Å². The first-order valence-electron chi connectivity index (χ1n) is 8.50. The summed E-state index contributed by atoms with van der Waals surface area (Å²) in [5.41, 5.74) is 0.169. The van der Waals surface area contributed by atoms with Crippen molar-refractivity contribution < 1.29 is 14.7 Å². The minimum absolute atomic E-state index is 0.189. The third kappa shape index (κ3) is 3.22. The Bertz CT molecular complexity index is 620. The molecule has 1 aromatic rings. The summed E-state index contributed by atoms with van der Waals surface area (Å²) in [5, 5.41) is 9.29. The van der Waals surface area contributed by atoms with Crippen molar-refractivity contribution in [1.82, 2.24) is 9.80 Å². The highest BCUT2D eigenvalue weighted by atomic mass is 79.9. The number of amides is 1. The highest BCUT2D eigenvalue weighted by Crippen LogP contribution is 2.47. The van der Waals surface area contributed by atoms with Crippen LogP contribution >= 0.6 is 15.9 Å².